The number of hydrogen-bond donors (Lipinski definition) is 1. The van der Waals surface area contributed by atoms with E-state index in [-0.39, 0.29) is 29.9 Å². The topological polar surface area (TPSA) is 68.2 Å². The molecule has 0 spiro atoms. The highest BCUT2D eigenvalue weighted by Crippen LogP contribution is 2.33. The Hall–Kier alpha value is -0.950. The molecule has 2 N–H and O–H groups in total. The summed E-state index contributed by atoms with van der Waals surface area (Å²) in [6.45, 7) is 8.50. The molecule has 22 heavy (non-hydrogen) atoms. The van der Waals surface area contributed by atoms with E-state index in [1.807, 2.05) is 17.5 Å². The van der Waals surface area contributed by atoms with Crippen LogP contribution < -0.4 is 5.73 Å². The van der Waals surface area contributed by atoms with Crippen molar-refractivity contribution in [2.45, 2.75) is 39.3 Å². The Morgan fingerprint density at radius 3 is 2.91 bits per heavy atom. The van der Waals surface area contributed by atoms with Crippen molar-refractivity contribution in [3.63, 3.8) is 0 Å². The zero-order valence-electron chi connectivity index (χ0n) is 13.2. The van der Waals surface area contributed by atoms with E-state index in [0.29, 0.717) is 11.7 Å². The predicted octanol–water partition coefficient (Wildman–Crippen LogP) is 3.34. The van der Waals surface area contributed by atoms with E-state index in [1.165, 1.54) is 0 Å². The molecule has 2 aromatic heterocycles. The normalized spacial score (nSPS) is 23.0. The van der Waals surface area contributed by atoms with Crippen LogP contribution in [-0.2, 0) is 0 Å². The Bertz CT molecular complexity index is 598. The number of aromatic nitrogens is 2. The number of piperidine rings is 1. The van der Waals surface area contributed by atoms with E-state index >= 15 is 0 Å². The molecule has 0 saturated carbocycles. The average molecular weight is 343 g/mol. The van der Waals surface area contributed by atoms with Crippen LogP contribution >= 0.6 is 23.7 Å². The summed E-state index contributed by atoms with van der Waals surface area (Å²) in [4.78, 5) is 7.98. The van der Waals surface area contributed by atoms with Crippen molar-refractivity contribution >= 4 is 23.7 Å². The molecule has 2 aromatic rings. The van der Waals surface area contributed by atoms with E-state index in [2.05, 4.69) is 35.8 Å². The van der Waals surface area contributed by atoms with Crippen LogP contribution in [0.4, 0.5) is 0 Å². The molecule has 1 aliphatic heterocycles. The molecular weight excluding hydrogens is 320 g/mol. The van der Waals surface area contributed by atoms with Crippen molar-refractivity contribution in [3.8, 4) is 10.7 Å². The fourth-order valence-electron chi connectivity index (χ4n) is 2.81. The second-order valence-electron chi connectivity index (χ2n) is 6.46. The predicted molar refractivity (Wildman–Crippen MR) is 91.2 cm³/mol. The van der Waals surface area contributed by atoms with Crippen molar-refractivity contribution in [1.29, 1.82) is 0 Å². The summed E-state index contributed by atoms with van der Waals surface area (Å²) >= 11 is 1.62. The van der Waals surface area contributed by atoms with Crippen LogP contribution in [0.3, 0.4) is 0 Å². The molecule has 2 atom stereocenters. The second kappa shape index (κ2) is 6.66. The number of likely N-dealkylation sites (tertiary alicyclic amines) is 1. The third-order valence-corrected chi connectivity index (χ3v) is 5.30. The Kier molecular flexibility index (Phi) is 5.27. The van der Waals surface area contributed by atoms with Gasteiger partial charge in [-0.25, -0.2) is 0 Å². The van der Waals surface area contributed by atoms with Crippen molar-refractivity contribution in [3.05, 3.63) is 23.4 Å². The van der Waals surface area contributed by atoms with E-state index in [9.17, 15) is 0 Å². The fraction of sp³-hybridized carbons (Fsp3) is 0.600. The highest BCUT2D eigenvalue weighted by molar-refractivity contribution is 7.13. The molecule has 0 aliphatic carbocycles. The zero-order chi connectivity index (χ0) is 15.0. The van der Waals surface area contributed by atoms with Gasteiger partial charge in [-0.3, -0.25) is 4.90 Å². The zero-order valence-corrected chi connectivity index (χ0v) is 14.8. The highest BCUT2D eigenvalue weighted by Gasteiger charge is 2.36. The van der Waals surface area contributed by atoms with Gasteiger partial charge in [0.25, 0.3) is 0 Å². The Balaban J connectivity index is 0.00000176. The fourth-order valence-corrected chi connectivity index (χ4v) is 3.46. The van der Waals surface area contributed by atoms with Crippen LogP contribution in [-0.4, -0.2) is 34.2 Å². The van der Waals surface area contributed by atoms with Crippen molar-refractivity contribution in [2.75, 3.05) is 13.1 Å². The Morgan fingerprint density at radius 2 is 2.27 bits per heavy atom. The molecule has 1 fully saturated rings. The lowest BCUT2D eigenvalue weighted by molar-refractivity contribution is 0.0549. The van der Waals surface area contributed by atoms with Crippen LogP contribution in [0.2, 0.25) is 0 Å². The van der Waals surface area contributed by atoms with E-state index in [0.717, 1.165) is 24.4 Å². The first-order chi connectivity index (χ1) is 9.97. The summed E-state index contributed by atoms with van der Waals surface area (Å²) < 4.78 is 5.47. The molecule has 1 aliphatic rings. The lowest BCUT2D eigenvalue weighted by Crippen LogP contribution is -2.52. The van der Waals surface area contributed by atoms with Gasteiger partial charge in [0, 0.05) is 19.1 Å². The number of hydrogen-bond acceptors (Lipinski definition) is 6. The molecule has 0 aromatic carbocycles. The number of rotatable bonds is 3. The van der Waals surface area contributed by atoms with Gasteiger partial charge in [0.05, 0.1) is 10.9 Å². The maximum absolute atomic E-state index is 6.21. The number of halogens is 1. The summed E-state index contributed by atoms with van der Waals surface area (Å²) in [5.74, 6) is 1.37. The third kappa shape index (κ3) is 3.35. The minimum atomic E-state index is 0. The van der Waals surface area contributed by atoms with Gasteiger partial charge in [0.2, 0.25) is 11.7 Å². The summed E-state index contributed by atoms with van der Waals surface area (Å²) in [5.41, 5.74) is 6.32. The van der Waals surface area contributed by atoms with Gasteiger partial charge in [-0.05, 0) is 30.2 Å². The van der Waals surface area contributed by atoms with Crippen molar-refractivity contribution in [1.82, 2.24) is 15.0 Å². The minimum Gasteiger partial charge on any atom is -0.337 e. The molecule has 0 amide bonds. The smallest absolute Gasteiger partial charge is 0.244 e. The Labute approximate surface area is 141 Å². The lowest BCUT2D eigenvalue weighted by atomic mass is 9.79. The first-order valence-corrected chi connectivity index (χ1v) is 8.22. The molecule has 3 rings (SSSR count). The number of thiophene rings is 1. The van der Waals surface area contributed by atoms with Crippen molar-refractivity contribution < 1.29 is 4.52 Å². The summed E-state index contributed by atoms with van der Waals surface area (Å²) in [6, 6.07) is 4.38. The van der Waals surface area contributed by atoms with E-state index in [4.69, 9.17) is 10.3 Å². The molecule has 5 nitrogen and oxygen atoms in total. The van der Waals surface area contributed by atoms with Gasteiger partial charge in [0.15, 0.2) is 0 Å². The SMILES string of the molecule is CC(c1nc(-c2cccs2)no1)N1CCC(N)C(C)(C)C1.Cl. The maximum atomic E-state index is 6.21. The lowest BCUT2D eigenvalue weighted by Gasteiger charge is -2.44. The molecule has 2 unspecified atom stereocenters. The number of nitrogens with two attached hydrogens (primary N) is 1. The highest BCUT2D eigenvalue weighted by atomic mass is 35.5. The van der Waals surface area contributed by atoms with E-state index in [1.54, 1.807) is 11.3 Å². The van der Waals surface area contributed by atoms with Gasteiger partial charge < -0.3 is 10.3 Å². The van der Waals surface area contributed by atoms with E-state index < -0.39 is 0 Å². The second-order valence-corrected chi connectivity index (χ2v) is 7.41. The summed E-state index contributed by atoms with van der Waals surface area (Å²) in [7, 11) is 0. The largest absolute Gasteiger partial charge is 0.337 e. The molecule has 0 bridgehead atoms. The average Bonchev–Trinajstić information content (AvgIpc) is 3.10. The van der Waals surface area contributed by atoms with Gasteiger partial charge in [0.1, 0.15) is 0 Å². The first-order valence-electron chi connectivity index (χ1n) is 7.34. The van der Waals surface area contributed by atoms with Crippen molar-refractivity contribution in [2.24, 2.45) is 11.1 Å². The molecule has 1 saturated heterocycles. The Morgan fingerprint density at radius 1 is 1.50 bits per heavy atom. The molecule has 3 heterocycles. The molecule has 7 heteroatoms. The van der Waals surface area contributed by atoms with Crippen LogP contribution in [0.25, 0.3) is 10.7 Å². The summed E-state index contributed by atoms with van der Waals surface area (Å²) in [6.07, 6.45) is 1.00. The minimum absolute atomic E-state index is 0. The monoisotopic (exact) mass is 342 g/mol. The van der Waals surface area contributed by atoms with Gasteiger partial charge in [-0.2, -0.15) is 4.98 Å². The van der Waals surface area contributed by atoms with Gasteiger partial charge >= 0.3 is 0 Å². The molecular formula is C15H23ClN4OS. The van der Waals surface area contributed by atoms with Gasteiger partial charge in [-0.15, -0.1) is 23.7 Å². The quantitative estimate of drug-likeness (QED) is 0.926. The van der Waals surface area contributed by atoms with Crippen LogP contribution in [0.1, 0.15) is 39.1 Å². The standard InChI is InChI=1S/C15H22N4OS.ClH/c1-10(19-7-6-12(16)15(2,3)9-19)14-17-13(18-20-14)11-5-4-8-21-11;/h4-5,8,10,12H,6-7,9,16H2,1-3H3;1H. The van der Waals surface area contributed by atoms with Gasteiger partial charge in [-0.1, -0.05) is 25.1 Å². The molecule has 0 radical (unpaired) electrons. The number of nitrogens with zero attached hydrogens (tertiary/aromatic N) is 3. The maximum Gasteiger partial charge on any atom is 0.244 e. The van der Waals surface area contributed by atoms with Crippen LogP contribution in [0.15, 0.2) is 22.0 Å². The molecule has 122 valence electrons. The summed E-state index contributed by atoms with van der Waals surface area (Å²) in [5, 5.41) is 6.12. The third-order valence-electron chi connectivity index (χ3n) is 4.43. The first kappa shape index (κ1) is 17.4. The van der Waals surface area contributed by atoms with Crippen LogP contribution in [0.5, 0.6) is 0 Å². The van der Waals surface area contributed by atoms with Crippen LogP contribution in [0, 0.1) is 5.41 Å².